The van der Waals surface area contributed by atoms with Gasteiger partial charge < -0.3 is 15.3 Å². The molecule has 0 heterocycles. The van der Waals surface area contributed by atoms with Gasteiger partial charge in [0.1, 0.15) is 11.5 Å². The average Bonchev–Trinajstić information content (AvgIpc) is 1.80. The Hall–Kier alpha value is -1.71. The lowest BCUT2D eigenvalue weighted by Crippen LogP contribution is -1.78. The van der Waals surface area contributed by atoms with Gasteiger partial charge in [0, 0.05) is 13.0 Å². The van der Waals surface area contributed by atoms with E-state index in [9.17, 15) is 0 Å². The number of carboxylic acids is 1. The summed E-state index contributed by atoms with van der Waals surface area (Å²) in [5.74, 6) is -0.625. The Morgan fingerprint density at radius 2 is 1.46 bits per heavy atom. The molecule has 0 saturated heterocycles. The second-order valence-electron chi connectivity index (χ2n) is 2.55. The zero-order valence-electron chi connectivity index (χ0n) is 7.48. The van der Waals surface area contributed by atoms with Crippen LogP contribution in [0.15, 0.2) is 18.2 Å². The van der Waals surface area contributed by atoms with Gasteiger partial charge in [0.05, 0.1) is 0 Å². The number of aryl methyl sites for hydroxylation is 1. The molecule has 0 aromatic heterocycles. The van der Waals surface area contributed by atoms with E-state index < -0.39 is 5.97 Å². The molecule has 0 fully saturated rings. The van der Waals surface area contributed by atoms with Crippen molar-refractivity contribution in [1.29, 1.82) is 0 Å². The Morgan fingerprint density at radius 3 is 1.69 bits per heavy atom. The van der Waals surface area contributed by atoms with E-state index in [1.54, 1.807) is 19.1 Å². The molecule has 0 aliphatic carbocycles. The highest BCUT2D eigenvalue weighted by Crippen LogP contribution is 2.18. The molecule has 0 radical (unpaired) electrons. The number of benzene rings is 1. The van der Waals surface area contributed by atoms with Gasteiger partial charge in [0.2, 0.25) is 0 Å². The van der Waals surface area contributed by atoms with Gasteiger partial charge in [-0.3, -0.25) is 4.79 Å². The van der Waals surface area contributed by atoms with Gasteiger partial charge in [-0.2, -0.15) is 0 Å². The first kappa shape index (κ1) is 11.3. The number of hydrogen-bond donors (Lipinski definition) is 3. The molecule has 1 aromatic carbocycles. The lowest BCUT2D eigenvalue weighted by molar-refractivity contribution is -0.134. The fourth-order valence-electron chi connectivity index (χ4n) is 0.743. The zero-order valence-corrected chi connectivity index (χ0v) is 7.48. The van der Waals surface area contributed by atoms with Crippen LogP contribution in [-0.4, -0.2) is 21.3 Å². The number of phenols is 2. The second kappa shape index (κ2) is 5.03. The lowest BCUT2D eigenvalue weighted by atomic mass is 10.2. The molecule has 13 heavy (non-hydrogen) atoms. The van der Waals surface area contributed by atoms with Crippen molar-refractivity contribution in [2.45, 2.75) is 13.8 Å². The van der Waals surface area contributed by atoms with Gasteiger partial charge in [-0.05, 0) is 24.6 Å². The van der Waals surface area contributed by atoms with Crippen molar-refractivity contribution in [3.8, 4) is 11.5 Å². The summed E-state index contributed by atoms with van der Waals surface area (Å²) in [7, 11) is 0. The minimum atomic E-state index is -0.833. The molecule has 0 saturated carbocycles. The van der Waals surface area contributed by atoms with Crippen molar-refractivity contribution in [1.82, 2.24) is 0 Å². The zero-order chi connectivity index (χ0) is 10.4. The Balaban J connectivity index is 0.000000310. The predicted octanol–water partition coefficient (Wildman–Crippen LogP) is 1.50. The van der Waals surface area contributed by atoms with E-state index in [0.29, 0.717) is 0 Å². The van der Waals surface area contributed by atoms with Crippen molar-refractivity contribution in [2.75, 3.05) is 0 Å². The van der Waals surface area contributed by atoms with E-state index >= 15 is 0 Å². The molecular formula is C9H12O4. The van der Waals surface area contributed by atoms with Crippen LogP contribution >= 0.6 is 0 Å². The van der Waals surface area contributed by atoms with Crippen molar-refractivity contribution < 1.29 is 20.1 Å². The van der Waals surface area contributed by atoms with Crippen LogP contribution in [-0.2, 0) is 4.79 Å². The summed E-state index contributed by atoms with van der Waals surface area (Å²) < 4.78 is 0. The summed E-state index contributed by atoms with van der Waals surface area (Å²) in [6.45, 7) is 2.89. The third-order valence-electron chi connectivity index (χ3n) is 1.05. The molecule has 0 atom stereocenters. The average molecular weight is 184 g/mol. The van der Waals surface area contributed by atoms with Crippen LogP contribution < -0.4 is 0 Å². The highest BCUT2D eigenvalue weighted by molar-refractivity contribution is 5.62. The van der Waals surface area contributed by atoms with Crippen LogP contribution in [0, 0.1) is 6.92 Å². The Labute approximate surface area is 76.1 Å². The standard InChI is InChI=1S/C7H8O2.C2H4O2/c1-5-2-6(8)4-7(9)3-5;1-2(3)4/h2-4,8-9H,1H3;1H3,(H,3,4). The summed E-state index contributed by atoms with van der Waals surface area (Å²) in [4.78, 5) is 9.00. The smallest absolute Gasteiger partial charge is 0.300 e. The number of hydrogen-bond acceptors (Lipinski definition) is 3. The number of carboxylic acid groups (broad SMARTS) is 1. The third kappa shape index (κ3) is 6.68. The van der Waals surface area contributed by atoms with E-state index in [-0.39, 0.29) is 11.5 Å². The normalized spacial score (nSPS) is 8.46. The van der Waals surface area contributed by atoms with Crippen LogP contribution in [0.5, 0.6) is 11.5 Å². The van der Waals surface area contributed by atoms with Crippen LogP contribution in [0.2, 0.25) is 0 Å². The molecular weight excluding hydrogens is 172 g/mol. The molecule has 72 valence electrons. The van der Waals surface area contributed by atoms with E-state index in [4.69, 9.17) is 20.1 Å². The van der Waals surface area contributed by atoms with Gasteiger partial charge in [0.25, 0.3) is 5.97 Å². The van der Waals surface area contributed by atoms with E-state index in [2.05, 4.69) is 0 Å². The highest BCUT2D eigenvalue weighted by Gasteiger charge is 1.91. The van der Waals surface area contributed by atoms with Gasteiger partial charge in [-0.1, -0.05) is 0 Å². The topological polar surface area (TPSA) is 77.8 Å². The number of carbonyl (C=O) groups is 1. The van der Waals surface area contributed by atoms with Crippen molar-refractivity contribution in [3.05, 3.63) is 23.8 Å². The largest absolute Gasteiger partial charge is 0.508 e. The van der Waals surface area contributed by atoms with Gasteiger partial charge in [0.15, 0.2) is 0 Å². The van der Waals surface area contributed by atoms with Crippen LogP contribution in [0.3, 0.4) is 0 Å². The molecule has 4 nitrogen and oxygen atoms in total. The molecule has 0 spiro atoms. The number of aromatic hydroxyl groups is 2. The first-order valence-electron chi connectivity index (χ1n) is 3.61. The monoisotopic (exact) mass is 184 g/mol. The van der Waals surface area contributed by atoms with E-state index in [1.165, 1.54) is 6.07 Å². The first-order chi connectivity index (χ1) is 5.91. The van der Waals surface area contributed by atoms with Gasteiger partial charge >= 0.3 is 0 Å². The minimum Gasteiger partial charge on any atom is -0.508 e. The predicted molar refractivity (Wildman–Crippen MR) is 47.8 cm³/mol. The Morgan fingerprint density at radius 1 is 1.15 bits per heavy atom. The number of phenolic OH excluding ortho intramolecular Hbond substituents is 2. The van der Waals surface area contributed by atoms with Crippen molar-refractivity contribution in [3.63, 3.8) is 0 Å². The fraction of sp³-hybridized carbons (Fsp3) is 0.222. The van der Waals surface area contributed by atoms with Gasteiger partial charge in [-0.15, -0.1) is 0 Å². The Kier molecular flexibility index (Phi) is 4.37. The van der Waals surface area contributed by atoms with E-state index in [1.807, 2.05) is 0 Å². The van der Waals surface area contributed by atoms with Gasteiger partial charge in [-0.25, -0.2) is 0 Å². The molecule has 1 rings (SSSR count). The third-order valence-corrected chi connectivity index (χ3v) is 1.05. The molecule has 0 bridgehead atoms. The summed E-state index contributed by atoms with van der Waals surface area (Å²) in [5.41, 5.74) is 0.854. The van der Waals surface area contributed by atoms with Crippen LogP contribution in [0.25, 0.3) is 0 Å². The number of aliphatic carboxylic acids is 1. The fourth-order valence-corrected chi connectivity index (χ4v) is 0.743. The maximum atomic E-state index is 9.00. The summed E-state index contributed by atoms with van der Waals surface area (Å²) in [6.07, 6.45) is 0. The molecule has 3 N–H and O–H groups in total. The molecule has 0 aliphatic rings. The molecule has 0 aliphatic heterocycles. The quantitative estimate of drug-likeness (QED) is 0.571. The minimum absolute atomic E-state index is 0.104. The second-order valence-corrected chi connectivity index (χ2v) is 2.55. The van der Waals surface area contributed by atoms with Crippen LogP contribution in [0.1, 0.15) is 12.5 Å². The first-order valence-corrected chi connectivity index (χ1v) is 3.61. The lowest BCUT2D eigenvalue weighted by Gasteiger charge is -1.94. The maximum Gasteiger partial charge on any atom is 0.300 e. The highest BCUT2D eigenvalue weighted by atomic mass is 16.4. The number of rotatable bonds is 0. The molecule has 1 aromatic rings. The summed E-state index contributed by atoms with van der Waals surface area (Å²) >= 11 is 0. The molecule has 0 unspecified atom stereocenters. The molecule has 0 amide bonds. The maximum absolute atomic E-state index is 9.00. The van der Waals surface area contributed by atoms with Crippen LogP contribution in [0.4, 0.5) is 0 Å². The Bertz CT molecular complexity index is 239. The summed E-state index contributed by atoms with van der Waals surface area (Å²) in [6, 6.07) is 4.46. The SMILES string of the molecule is CC(=O)O.Cc1cc(O)cc(O)c1. The summed E-state index contributed by atoms with van der Waals surface area (Å²) in [5, 5.41) is 25.1. The van der Waals surface area contributed by atoms with Crippen molar-refractivity contribution >= 4 is 5.97 Å². The van der Waals surface area contributed by atoms with E-state index in [0.717, 1.165) is 12.5 Å². The molecule has 4 heteroatoms. The van der Waals surface area contributed by atoms with Crippen molar-refractivity contribution in [2.24, 2.45) is 0 Å².